The number of para-hydroxylation sites is 1. The van der Waals surface area contributed by atoms with Crippen molar-refractivity contribution in [2.24, 2.45) is 0 Å². The molecule has 2 nitrogen and oxygen atoms in total. The van der Waals surface area contributed by atoms with Gasteiger partial charge in [-0.3, -0.25) is 0 Å². The summed E-state index contributed by atoms with van der Waals surface area (Å²) in [4.78, 5) is 0. The van der Waals surface area contributed by atoms with Crippen LogP contribution in [0.3, 0.4) is 0 Å². The normalized spacial score (nSPS) is 12.2. The molecular formula is C22H22N2. The highest BCUT2D eigenvalue weighted by atomic mass is 15.0. The molecule has 0 N–H and O–H groups in total. The fourth-order valence-corrected chi connectivity index (χ4v) is 3.15. The number of hydrogen-bond donors (Lipinski definition) is 0. The lowest BCUT2D eigenvalue weighted by molar-refractivity contribution is 0.888. The number of fused-ring (bicyclic) bond motifs is 3. The molecule has 0 atom stereocenters. The zero-order valence-electron chi connectivity index (χ0n) is 14.3. The van der Waals surface area contributed by atoms with Gasteiger partial charge in [-0.05, 0) is 43.2 Å². The van der Waals surface area contributed by atoms with Crippen molar-refractivity contribution in [3.8, 4) is 11.8 Å². The van der Waals surface area contributed by atoms with Gasteiger partial charge in [-0.2, -0.15) is 5.26 Å². The molecule has 0 unspecified atom stereocenters. The first-order valence-corrected chi connectivity index (χ1v) is 8.59. The summed E-state index contributed by atoms with van der Waals surface area (Å²) in [5.41, 5.74) is 5.76. The first kappa shape index (κ1) is 16.1. The summed E-state index contributed by atoms with van der Waals surface area (Å²) in [6, 6.07) is 18.5. The summed E-state index contributed by atoms with van der Waals surface area (Å²) >= 11 is 0. The van der Waals surface area contributed by atoms with Gasteiger partial charge in [0.25, 0.3) is 0 Å². The number of benzene rings is 2. The van der Waals surface area contributed by atoms with Crippen LogP contribution in [0, 0.1) is 11.3 Å². The maximum atomic E-state index is 8.96. The number of rotatable bonds is 1. The van der Waals surface area contributed by atoms with Crippen LogP contribution in [0.15, 0.2) is 54.6 Å². The molecule has 2 aromatic carbocycles. The Morgan fingerprint density at radius 3 is 2.46 bits per heavy atom. The van der Waals surface area contributed by atoms with E-state index in [1.807, 2.05) is 24.3 Å². The second-order valence-electron chi connectivity index (χ2n) is 6.02. The van der Waals surface area contributed by atoms with Gasteiger partial charge >= 0.3 is 0 Å². The molecule has 0 saturated heterocycles. The Balaban J connectivity index is 0.000000526. The van der Waals surface area contributed by atoms with Gasteiger partial charge in [0.05, 0.1) is 17.1 Å². The average molecular weight is 314 g/mol. The fraction of sp³-hybridized carbons (Fsp3) is 0.227. The smallest absolute Gasteiger partial charge is 0.0991 e. The summed E-state index contributed by atoms with van der Waals surface area (Å²) in [6.07, 6.45) is 7.87. The highest BCUT2D eigenvalue weighted by Gasteiger charge is 2.17. The Morgan fingerprint density at radius 2 is 1.75 bits per heavy atom. The van der Waals surface area contributed by atoms with Crippen LogP contribution in [0.1, 0.15) is 43.5 Å². The lowest BCUT2D eigenvalue weighted by Gasteiger charge is -2.13. The van der Waals surface area contributed by atoms with E-state index < -0.39 is 0 Å². The molecule has 0 fully saturated rings. The van der Waals surface area contributed by atoms with E-state index in [-0.39, 0.29) is 0 Å². The minimum Gasteiger partial charge on any atom is -0.313 e. The molecule has 24 heavy (non-hydrogen) atoms. The van der Waals surface area contributed by atoms with E-state index in [0.717, 1.165) is 18.5 Å². The van der Waals surface area contributed by atoms with Crippen molar-refractivity contribution in [2.45, 2.75) is 33.1 Å². The molecule has 1 aliphatic rings. The van der Waals surface area contributed by atoms with Crippen molar-refractivity contribution < 1.29 is 0 Å². The molecule has 2 heteroatoms. The predicted octanol–water partition coefficient (Wildman–Crippen LogP) is 5.88. The van der Waals surface area contributed by atoms with Crippen LogP contribution in [0.4, 0.5) is 0 Å². The zero-order chi connectivity index (χ0) is 16.9. The molecular weight excluding hydrogens is 292 g/mol. The van der Waals surface area contributed by atoms with E-state index in [4.69, 9.17) is 5.26 Å². The summed E-state index contributed by atoms with van der Waals surface area (Å²) < 4.78 is 2.33. The van der Waals surface area contributed by atoms with E-state index in [1.165, 1.54) is 28.6 Å². The van der Waals surface area contributed by atoms with Crippen LogP contribution >= 0.6 is 0 Å². The molecule has 120 valence electrons. The largest absolute Gasteiger partial charge is 0.313 e. The number of aromatic nitrogens is 1. The Hall–Kier alpha value is -2.79. The first-order valence-electron chi connectivity index (χ1n) is 8.59. The summed E-state index contributed by atoms with van der Waals surface area (Å²) in [7, 11) is 0. The van der Waals surface area contributed by atoms with Crippen LogP contribution in [0.25, 0.3) is 22.7 Å². The molecule has 0 saturated carbocycles. The summed E-state index contributed by atoms with van der Waals surface area (Å²) in [6.45, 7) is 4.25. The number of nitriles is 1. The van der Waals surface area contributed by atoms with Gasteiger partial charge in [0.2, 0.25) is 0 Å². The molecule has 1 aromatic heterocycles. The van der Waals surface area contributed by atoms with Crippen molar-refractivity contribution >= 4 is 17.0 Å². The monoisotopic (exact) mass is 314 g/mol. The minimum absolute atomic E-state index is 0.698. The molecule has 0 spiro atoms. The SMILES string of the molecule is CCC.N#Cc1ccc(-n2c3c(c4ccccc42)C=CCC3)cc1. The van der Waals surface area contributed by atoms with E-state index in [2.05, 4.69) is 60.9 Å². The first-order chi connectivity index (χ1) is 11.8. The van der Waals surface area contributed by atoms with E-state index in [9.17, 15) is 0 Å². The third-order valence-electron chi connectivity index (χ3n) is 4.10. The van der Waals surface area contributed by atoms with Gasteiger partial charge in [0, 0.05) is 22.3 Å². The highest BCUT2D eigenvalue weighted by Crippen LogP contribution is 2.33. The van der Waals surface area contributed by atoms with Crippen LogP contribution in [0.5, 0.6) is 0 Å². The Kier molecular flexibility index (Phi) is 4.82. The van der Waals surface area contributed by atoms with E-state index in [0.29, 0.717) is 5.56 Å². The number of allylic oxidation sites excluding steroid dienone is 1. The highest BCUT2D eigenvalue weighted by molar-refractivity contribution is 5.93. The zero-order valence-corrected chi connectivity index (χ0v) is 14.3. The quantitative estimate of drug-likeness (QED) is 0.551. The van der Waals surface area contributed by atoms with Gasteiger partial charge in [0.15, 0.2) is 0 Å². The minimum atomic E-state index is 0.698. The second-order valence-corrected chi connectivity index (χ2v) is 6.02. The molecule has 3 aromatic rings. The van der Waals surface area contributed by atoms with Gasteiger partial charge < -0.3 is 4.57 Å². The lowest BCUT2D eigenvalue weighted by Crippen LogP contribution is -2.02. The maximum Gasteiger partial charge on any atom is 0.0991 e. The predicted molar refractivity (Wildman–Crippen MR) is 101 cm³/mol. The number of hydrogen-bond acceptors (Lipinski definition) is 1. The second kappa shape index (κ2) is 7.19. The molecule has 0 amide bonds. The van der Waals surface area contributed by atoms with Crippen LogP contribution in [0.2, 0.25) is 0 Å². The third kappa shape index (κ3) is 2.86. The average Bonchev–Trinajstić information content (AvgIpc) is 2.97. The van der Waals surface area contributed by atoms with Crippen LogP contribution < -0.4 is 0 Å². The van der Waals surface area contributed by atoms with Crippen molar-refractivity contribution in [3.05, 3.63) is 71.4 Å². The van der Waals surface area contributed by atoms with Gasteiger partial charge in [-0.1, -0.05) is 50.6 Å². The molecule has 0 bridgehead atoms. The molecule has 0 aliphatic heterocycles. The fourth-order valence-electron chi connectivity index (χ4n) is 3.15. The molecule has 4 rings (SSSR count). The Morgan fingerprint density at radius 1 is 1.04 bits per heavy atom. The summed E-state index contributed by atoms with van der Waals surface area (Å²) in [5.74, 6) is 0. The number of nitrogens with zero attached hydrogens (tertiary/aromatic N) is 2. The third-order valence-corrected chi connectivity index (χ3v) is 4.10. The van der Waals surface area contributed by atoms with E-state index in [1.54, 1.807) is 0 Å². The van der Waals surface area contributed by atoms with Gasteiger partial charge in [-0.25, -0.2) is 0 Å². The van der Waals surface area contributed by atoms with Crippen molar-refractivity contribution in [1.82, 2.24) is 4.57 Å². The van der Waals surface area contributed by atoms with Gasteiger partial charge in [0.1, 0.15) is 0 Å². The van der Waals surface area contributed by atoms with E-state index >= 15 is 0 Å². The van der Waals surface area contributed by atoms with Crippen molar-refractivity contribution in [2.75, 3.05) is 0 Å². The van der Waals surface area contributed by atoms with Crippen molar-refractivity contribution in [3.63, 3.8) is 0 Å². The molecule has 1 aliphatic carbocycles. The topological polar surface area (TPSA) is 28.7 Å². The molecule has 0 radical (unpaired) electrons. The Labute approximate surface area is 143 Å². The Bertz CT molecular complexity index is 906. The van der Waals surface area contributed by atoms with Crippen LogP contribution in [-0.4, -0.2) is 4.57 Å². The lowest BCUT2D eigenvalue weighted by atomic mass is 10.0. The van der Waals surface area contributed by atoms with Crippen molar-refractivity contribution in [1.29, 1.82) is 5.26 Å². The van der Waals surface area contributed by atoms with Crippen LogP contribution in [-0.2, 0) is 6.42 Å². The van der Waals surface area contributed by atoms with Gasteiger partial charge in [-0.15, -0.1) is 0 Å². The molecule has 1 heterocycles. The maximum absolute atomic E-state index is 8.96. The summed E-state index contributed by atoms with van der Waals surface area (Å²) in [5, 5.41) is 10.3. The standard InChI is InChI=1S/C19H14N2.C3H8/c20-13-14-9-11-15(12-10-14)21-18-7-3-1-5-16(18)17-6-2-4-8-19(17)21;1-3-2/h1-3,5-7,9-12H,4,8H2;3H2,1-2H3.